The summed E-state index contributed by atoms with van der Waals surface area (Å²) in [5.41, 5.74) is 0.595. The number of fused-ring (bicyclic) bond motifs is 5. The lowest BCUT2D eigenvalue weighted by Gasteiger charge is -2.35. The highest BCUT2D eigenvalue weighted by Crippen LogP contribution is 2.49. The van der Waals surface area contributed by atoms with Crippen molar-refractivity contribution in [3.05, 3.63) is 30.0 Å². The van der Waals surface area contributed by atoms with Gasteiger partial charge in [0.05, 0.1) is 31.3 Å². The molecule has 2 aliphatic heterocycles. The number of esters is 1. The standard InChI is InChI=1S/C35H48N4O7/c1-20(2)19-44-32(41)28-21(3)27-18-39(28)31(40)29(34(4,5)6)38-33(42)46-35(7)17-22(35)12-10-9-11-13-25-30(45-27)37-26-16-23(43-8)14-15-24(26)36-25/h11,13-16,20-22,27-29H,9-10,12,17-19H2,1-8H3,(H,38,42)/b13-11+/t21-,22-,27+,28+,29-,35-/m1/s1. The topological polar surface area (TPSA) is 129 Å². The molecule has 250 valence electrons. The minimum Gasteiger partial charge on any atom is -0.497 e. The molecule has 6 atom stereocenters. The Kier molecular flexibility index (Phi) is 9.52. The molecule has 2 aromatic rings. The first-order chi connectivity index (χ1) is 21.7. The summed E-state index contributed by atoms with van der Waals surface area (Å²) in [5, 5.41) is 2.86. The number of hydrogen-bond donors (Lipinski definition) is 1. The predicted molar refractivity (Wildman–Crippen MR) is 173 cm³/mol. The molecule has 2 bridgehead atoms. The fourth-order valence-electron chi connectivity index (χ4n) is 6.32. The van der Waals surface area contributed by atoms with Gasteiger partial charge in [0.15, 0.2) is 0 Å². The van der Waals surface area contributed by atoms with Gasteiger partial charge in [-0.25, -0.2) is 19.6 Å². The zero-order chi connectivity index (χ0) is 33.4. The quantitative estimate of drug-likeness (QED) is 0.430. The lowest BCUT2D eigenvalue weighted by Crippen LogP contribution is -2.57. The molecule has 3 aliphatic rings. The Balaban J connectivity index is 1.56. The molecule has 1 saturated carbocycles. The van der Waals surface area contributed by atoms with Gasteiger partial charge in [-0.15, -0.1) is 0 Å². The number of methoxy groups -OCH3 is 1. The number of alkyl carbamates (subject to hydrolysis) is 1. The molecular weight excluding hydrogens is 588 g/mol. The normalized spacial score (nSPS) is 29.4. The van der Waals surface area contributed by atoms with E-state index in [1.165, 1.54) is 4.90 Å². The minimum absolute atomic E-state index is 0.0888. The van der Waals surface area contributed by atoms with Gasteiger partial charge in [-0.2, -0.15) is 0 Å². The van der Waals surface area contributed by atoms with E-state index in [0.29, 0.717) is 28.4 Å². The number of nitrogens with one attached hydrogen (secondary N) is 1. The number of carbonyl (C=O) groups excluding carboxylic acids is 3. The Morgan fingerprint density at radius 3 is 2.65 bits per heavy atom. The molecule has 0 spiro atoms. The number of rotatable bonds is 4. The van der Waals surface area contributed by atoms with Crippen LogP contribution in [0.4, 0.5) is 4.79 Å². The number of carbonyl (C=O) groups is 3. The van der Waals surface area contributed by atoms with Crippen LogP contribution in [0.15, 0.2) is 24.3 Å². The van der Waals surface area contributed by atoms with E-state index < -0.39 is 53.1 Å². The SMILES string of the molecule is COc1ccc2nc3c(nc2c1)O[C@H]1CN(C(=O)[C@H](C(C)(C)C)NC(=O)O[C@]2(C)C[C@H]2CCC/C=C/3)[C@H](C(=O)OCC(C)C)[C@@H]1C. The molecule has 0 radical (unpaired) electrons. The van der Waals surface area contributed by atoms with Crippen molar-refractivity contribution in [3.8, 4) is 11.6 Å². The maximum atomic E-state index is 14.4. The van der Waals surface area contributed by atoms with E-state index in [2.05, 4.69) is 11.4 Å². The molecule has 1 N–H and O–H groups in total. The van der Waals surface area contributed by atoms with Gasteiger partial charge in [0.25, 0.3) is 0 Å². The van der Waals surface area contributed by atoms with Gasteiger partial charge in [0, 0.05) is 17.9 Å². The van der Waals surface area contributed by atoms with Crippen molar-refractivity contribution >= 4 is 35.1 Å². The molecule has 1 aliphatic carbocycles. The average molecular weight is 637 g/mol. The Morgan fingerprint density at radius 2 is 1.96 bits per heavy atom. The van der Waals surface area contributed by atoms with Crippen molar-refractivity contribution in [2.45, 2.75) is 97.9 Å². The predicted octanol–water partition coefficient (Wildman–Crippen LogP) is 5.55. The van der Waals surface area contributed by atoms with Crippen LogP contribution in [0.25, 0.3) is 17.1 Å². The summed E-state index contributed by atoms with van der Waals surface area (Å²) in [7, 11) is 1.59. The second kappa shape index (κ2) is 13.1. The molecular formula is C35H48N4O7. The third kappa shape index (κ3) is 7.23. The number of ether oxygens (including phenoxy) is 4. The van der Waals surface area contributed by atoms with Gasteiger partial charge in [0.2, 0.25) is 11.8 Å². The van der Waals surface area contributed by atoms with E-state index in [9.17, 15) is 14.4 Å². The van der Waals surface area contributed by atoms with Crippen molar-refractivity contribution < 1.29 is 33.3 Å². The summed E-state index contributed by atoms with van der Waals surface area (Å²) < 4.78 is 23.6. The first kappa shape index (κ1) is 33.5. The largest absolute Gasteiger partial charge is 0.497 e. The second-order valence-electron chi connectivity index (χ2n) is 14.6. The molecule has 0 unspecified atom stereocenters. The van der Waals surface area contributed by atoms with Crippen LogP contribution in [0.5, 0.6) is 11.6 Å². The number of allylic oxidation sites excluding steroid dienone is 1. The van der Waals surface area contributed by atoms with Gasteiger partial charge in [-0.05, 0) is 62.1 Å². The van der Waals surface area contributed by atoms with Crippen LogP contribution in [0.3, 0.4) is 0 Å². The van der Waals surface area contributed by atoms with E-state index in [1.807, 2.05) is 66.7 Å². The molecule has 11 nitrogen and oxygen atoms in total. The van der Waals surface area contributed by atoms with Gasteiger partial charge < -0.3 is 29.2 Å². The zero-order valence-electron chi connectivity index (χ0n) is 28.3. The highest BCUT2D eigenvalue weighted by atomic mass is 16.6. The third-order valence-electron chi connectivity index (χ3n) is 9.26. The molecule has 3 heterocycles. The summed E-state index contributed by atoms with van der Waals surface area (Å²) >= 11 is 0. The monoisotopic (exact) mass is 636 g/mol. The molecule has 2 fully saturated rings. The Hall–Kier alpha value is -3.89. The van der Waals surface area contributed by atoms with Gasteiger partial charge in [-0.1, -0.05) is 47.6 Å². The fourth-order valence-corrected chi connectivity index (χ4v) is 6.32. The lowest BCUT2D eigenvalue weighted by atomic mass is 9.85. The minimum atomic E-state index is -0.961. The van der Waals surface area contributed by atoms with E-state index in [4.69, 9.17) is 28.9 Å². The Morgan fingerprint density at radius 1 is 1.20 bits per heavy atom. The van der Waals surface area contributed by atoms with Crippen LogP contribution in [0.2, 0.25) is 0 Å². The molecule has 1 saturated heterocycles. The fraction of sp³-hybridized carbons (Fsp3) is 0.629. The number of nitrogens with zero attached hydrogens (tertiary/aromatic N) is 3. The van der Waals surface area contributed by atoms with Gasteiger partial charge in [0.1, 0.15) is 35.2 Å². The van der Waals surface area contributed by atoms with E-state index >= 15 is 0 Å². The molecule has 2 amide bonds. The Labute approximate surface area is 271 Å². The molecule has 1 aromatic heterocycles. The van der Waals surface area contributed by atoms with Crippen LogP contribution >= 0.6 is 0 Å². The van der Waals surface area contributed by atoms with E-state index in [0.717, 1.165) is 25.7 Å². The van der Waals surface area contributed by atoms with Crippen LogP contribution in [-0.4, -0.2) is 76.9 Å². The number of hydrogen-bond acceptors (Lipinski definition) is 9. The van der Waals surface area contributed by atoms with Crippen LogP contribution < -0.4 is 14.8 Å². The first-order valence-electron chi connectivity index (χ1n) is 16.4. The molecule has 46 heavy (non-hydrogen) atoms. The van der Waals surface area contributed by atoms with Gasteiger partial charge in [-0.3, -0.25) is 4.79 Å². The van der Waals surface area contributed by atoms with Crippen LogP contribution in [0, 0.1) is 23.2 Å². The van der Waals surface area contributed by atoms with Crippen molar-refractivity contribution in [2.24, 2.45) is 23.2 Å². The highest BCUT2D eigenvalue weighted by molar-refractivity contribution is 5.91. The van der Waals surface area contributed by atoms with Crippen molar-refractivity contribution in [1.29, 1.82) is 0 Å². The maximum absolute atomic E-state index is 14.4. The second-order valence-corrected chi connectivity index (χ2v) is 14.6. The smallest absolute Gasteiger partial charge is 0.408 e. The number of aromatic nitrogens is 2. The molecule has 11 heteroatoms. The van der Waals surface area contributed by atoms with Crippen molar-refractivity contribution in [3.63, 3.8) is 0 Å². The van der Waals surface area contributed by atoms with Crippen molar-refractivity contribution in [2.75, 3.05) is 20.3 Å². The van der Waals surface area contributed by atoms with E-state index in [1.54, 1.807) is 13.2 Å². The van der Waals surface area contributed by atoms with Crippen LogP contribution in [0.1, 0.15) is 79.8 Å². The zero-order valence-corrected chi connectivity index (χ0v) is 28.3. The summed E-state index contributed by atoms with van der Waals surface area (Å²) in [5.74, 6) is -0.0604. The number of benzene rings is 1. The average Bonchev–Trinajstić information content (AvgIpc) is 3.50. The maximum Gasteiger partial charge on any atom is 0.408 e. The van der Waals surface area contributed by atoms with E-state index in [-0.39, 0.29) is 25.0 Å². The van der Waals surface area contributed by atoms with Gasteiger partial charge >= 0.3 is 12.1 Å². The highest BCUT2D eigenvalue weighted by Gasteiger charge is 2.54. The van der Waals surface area contributed by atoms with Crippen LogP contribution in [-0.2, 0) is 19.1 Å². The third-order valence-corrected chi connectivity index (χ3v) is 9.26. The first-order valence-corrected chi connectivity index (χ1v) is 16.4. The molecule has 1 aromatic carbocycles. The van der Waals surface area contributed by atoms with Crippen molar-refractivity contribution in [1.82, 2.24) is 20.2 Å². The number of amides is 2. The lowest BCUT2D eigenvalue weighted by molar-refractivity contribution is -0.156. The molecule has 5 rings (SSSR count). The summed E-state index contributed by atoms with van der Waals surface area (Å²) in [6, 6.07) is 3.60. The summed E-state index contributed by atoms with van der Waals surface area (Å²) in [6.07, 6.45) is 6.11. The summed E-state index contributed by atoms with van der Waals surface area (Å²) in [6.45, 7) is 13.7. The Bertz CT molecular complexity index is 1500. The summed E-state index contributed by atoms with van der Waals surface area (Å²) in [4.78, 5) is 52.4.